The molecule has 10 aromatic carbocycles. The first-order valence-corrected chi connectivity index (χ1v) is 19.5. The van der Waals surface area contributed by atoms with E-state index < -0.39 is 5.41 Å². The Morgan fingerprint density at radius 1 is 0.304 bits per heavy atom. The van der Waals surface area contributed by atoms with Gasteiger partial charge >= 0.3 is 0 Å². The summed E-state index contributed by atoms with van der Waals surface area (Å²) in [7, 11) is 0. The number of hydrogen-bond acceptors (Lipinski definition) is 1. The summed E-state index contributed by atoms with van der Waals surface area (Å²) in [5.41, 5.74) is 16.9. The number of rotatable bonds is 2. The van der Waals surface area contributed by atoms with Crippen LogP contribution in [0.15, 0.2) is 199 Å². The van der Waals surface area contributed by atoms with Crippen molar-refractivity contribution >= 4 is 54.3 Å². The van der Waals surface area contributed by atoms with E-state index in [0.29, 0.717) is 0 Å². The summed E-state index contributed by atoms with van der Waals surface area (Å²) in [4.78, 5) is 0. The van der Waals surface area contributed by atoms with E-state index in [2.05, 4.69) is 194 Å². The average Bonchev–Trinajstić information content (AvgIpc) is 3.88. The topological polar surface area (TPSA) is 13.1 Å². The third-order valence-corrected chi connectivity index (χ3v) is 12.8. The Labute approximate surface area is 323 Å². The molecular formula is C55H32O. The van der Waals surface area contributed by atoms with E-state index in [1.807, 2.05) is 0 Å². The summed E-state index contributed by atoms with van der Waals surface area (Å²) in [5.74, 6) is 0. The molecule has 0 amide bonds. The van der Waals surface area contributed by atoms with E-state index in [-0.39, 0.29) is 0 Å². The second kappa shape index (κ2) is 10.9. The second-order valence-electron chi connectivity index (χ2n) is 15.5. The van der Waals surface area contributed by atoms with Crippen LogP contribution in [0.3, 0.4) is 0 Å². The van der Waals surface area contributed by atoms with Crippen LogP contribution in [-0.4, -0.2) is 0 Å². The monoisotopic (exact) mass is 708 g/mol. The molecule has 1 spiro atoms. The Bertz CT molecular complexity index is 3440. The van der Waals surface area contributed by atoms with Gasteiger partial charge in [0, 0.05) is 10.8 Å². The zero-order valence-corrected chi connectivity index (χ0v) is 30.4. The molecule has 0 radical (unpaired) electrons. The summed E-state index contributed by atoms with van der Waals surface area (Å²) >= 11 is 0. The van der Waals surface area contributed by atoms with Gasteiger partial charge in [-0.15, -0.1) is 0 Å². The number of hydrogen-bond donors (Lipinski definition) is 0. The van der Waals surface area contributed by atoms with Crippen LogP contribution in [0.2, 0.25) is 0 Å². The smallest absolute Gasteiger partial charge is 0.136 e. The molecule has 1 nitrogen and oxygen atoms in total. The molecule has 56 heavy (non-hydrogen) atoms. The fourth-order valence-corrected chi connectivity index (χ4v) is 10.5. The van der Waals surface area contributed by atoms with E-state index in [1.54, 1.807) is 0 Å². The lowest BCUT2D eigenvalue weighted by Gasteiger charge is -2.30. The molecular weight excluding hydrogens is 677 g/mol. The van der Waals surface area contributed by atoms with Crippen LogP contribution < -0.4 is 0 Å². The van der Waals surface area contributed by atoms with Crippen LogP contribution in [0.25, 0.3) is 98.8 Å². The van der Waals surface area contributed by atoms with Gasteiger partial charge in [0.25, 0.3) is 0 Å². The van der Waals surface area contributed by atoms with Gasteiger partial charge in [0.15, 0.2) is 0 Å². The summed E-state index contributed by atoms with van der Waals surface area (Å²) < 4.78 is 6.57. The number of benzene rings is 10. The van der Waals surface area contributed by atoms with Crippen molar-refractivity contribution < 1.29 is 4.42 Å². The van der Waals surface area contributed by atoms with Crippen molar-refractivity contribution in [2.24, 2.45) is 0 Å². The molecule has 11 aromatic rings. The Morgan fingerprint density at radius 3 is 1.70 bits per heavy atom. The van der Waals surface area contributed by atoms with Crippen LogP contribution in [0.1, 0.15) is 22.3 Å². The quantitative estimate of drug-likeness (QED) is 0.174. The first kappa shape index (κ1) is 30.1. The molecule has 0 aliphatic heterocycles. The van der Waals surface area contributed by atoms with Gasteiger partial charge in [-0.25, -0.2) is 0 Å². The lowest BCUT2D eigenvalue weighted by atomic mass is 9.70. The Hall–Kier alpha value is -7.22. The predicted octanol–water partition coefficient (Wildman–Crippen LogP) is 14.7. The van der Waals surface area contributed by atoms with E-state index >= 15 is 0 Å². The second-order valence-corrected chi connectivity index (χ2v) is 15.5. The van der Waals surface area contributed by atoms with Crippen molar-refractivity contribution in [2.45, 2.75) is 5.41 Å². The minimum absolute atomic E-state index is 0.434. The van der Waals surface area contributed by atoms with Gasteiger partial charge in [-0.05, 0) is 129 Å². The standard InChI is InChI=1S/C55H32O/c1-2-12-34-29-37(24-23-33(34)11-1)39-17-9-19-44-41(39)26-28-50-53(44)45-31-38(25-27-49(45)55(50)47-20-7-5-15-42(47)43-16-6-8-21-48(43)55)40-18-10-22-51-54(40)46-30-35-13-3-4-14-36(35)32-52(46)56-51/h1-32H. The van der Waals surface area contributed by atoms with Crippen molar-refractivity contribution in [3.63, 3.8) is 0 Å². The molecule has 1 aromatic heterocycles. The fourth-order valence-electron chi connectivity index (χ4n) is 10.5. The highest BCUT2D eigenvalue weighted by molar-refractivity contribution is 6.17. The lowest BCUT2D eigenvalue weighted by molar-refractivity contribution is 0.669. The Kier molecular flexibility index (Phi) is 5.89. The summed E-state index contributed by atoms with van der Waals surface area (Å²) in [6, 6.07) is 72.2. The molecule has 0 fully saturated rings. The van der Waals surface area contributed by atoms with Gasteiger partial charge in [0.1, 0.15) is 11.2 Å². The molecule has 2 aliphatic rings. The van der Waals surface area contributed by atoms with E-state index in [1.165, 1.54) is 99.1 Å². The highest BCUT2D eigenvalue weighted by atomic mass is 16.3. The third kappa shape index (κ3) is 3.84. The largest absolute Gasteiger partial charge is 0.456 e. The highest BCUT2D eigenvalue weighted by Crippen LogP contribution is 2.64. The van der Waals surface area contributed by atoms with Crippen LogP contribution in [0, 0.1) is 0 Å². The van der Waals surface area contributed by atoms with Gasteiger partial charge in [-0.1, -0.05) is 164 Å². The molecule has 1 heterocycles. The minimum Gasteiger partial charge on any atom is -0.456 e. The first-order chi connectivity index (χ1) is 27.8. The fraction of sp³-hybridized carbons (Fsp3) is 0.0182. The Balaban J connectivity index is 1.12. The van der Waals surface area contributed by atoms with Crippen LogP contribution in [0.5, 0.6) is 0 Å². The lowest BCUT2D eigenvalue weighted by Crippen LogP contribution is -2.25. The highest BCUT2D eigenvalue weighted by Gasteiger charge is 2.52. The van der Waals surface area contributed by atoms with Crippen molar-refractivity contribution in [1.82, 2.24) is 0 Å². The van der Waals surface area contributed by atoms with Crippen molar-refractivity contribution in [3.8, 4) is 44.5 Å². The van der Waals surface area contributed by atoms with Crippen LogP contribution in [0.4, 0.5) is 0 Å². The first-order valence-electron chi connectivity index (χ1n) is 19.5. The average molecular weight is 709 g/mol. The summed E-state index contributed by atoms with van der Waals surface area (Å²) in [6.45, 7) is 0. The van der Waals surface area contributed by atoms with Crippen molar-refractivity contribution in [1.29, 1.82) is 0 Å². The molecule has 258 valence electrons. The van der Waals surface area contributed by atoms with Gasteiger partial charge in [0.2, 0.25) is 0 Å². The maximum atomic E-state index is 6.57. The zero-order chi connectivity index (χ0) is 36.5. The third-order valence-electron chi connectivity index (χ3n) is 12.8. The molecule has 0 bridgehead atoms. The molecule has 1 heteroatoms. The van der Waals surface area contributed by atoms with Gasteiger partial charge in [0.05, 0.1) is 5.41 Å². The summed E-state index contributed by atoms with van der Waals surface area (Å²) in [5, 5.41) is 9.78. The molecule has 0 N–H and O–H groups in total. The normalized spacial score (nSPS) is 13.5. The minimum atomic E-state index is -0.434. The molecule has 0 unspecified atom stereocenters. The SMILES string of the molecule is c1ccc2c(c1)-c1ccccc1C21c2ccc(-c3cccc4oc5cc6ccccc6cc5c34)cc2-c2c1ccc1c(-c3ccc4ccccc4c3)cccc21. The van der Waals surface area contributed by atoms with Crippen molar-refractivity contribution in [3.05, 3.63) is 216 Å². The van der Waals surface area contributed by atoms with Crippen LogP contribution in [-0.2, 0) is 5.41 Å². The molecule has 0 saturated carbocycles. The maximum absolute atomic E-state index is 6.57. The summed E-state index contributed by atoms with van der Waals surface area (Å²) in [6.07, 6.45) is 0. The van der Waals surface area contributed by atoms with Crippen LogP contribution >= 0.6 is 0 Å². The number of fused-ring (bicyclic) bond motifs is 17. The molecule has 0 saturated heterocycles. The predicted molar refractivity (Wildman–Crippen MR) is 233 cm³/mol. The van der Waals surface area contributed by atoms with E-state index in [0.717, 1.165) is 21.9 Å². The van der Waals surface area contributed by atoms with Gasteiger partial charge in [-0.2, -0.15) is 0 Å². The Morgan fingerprint density at radius 2 is 0.893 bits per heavy atom. The van der Waals surface area contributed by atoms with Gasteiger partial charge < -0.3 is 4.42 Å². The molecule has 0 atom stereocenters. The van der Waals surface area contributed by atoms with Gasteiger partial charge in [-0.3, -0.25) is 0 Å². The molecule has 13 rings (SSSR count). The number of furan rings is 1. The van der Waals surface area contributed by atoms with E-state index in [4.69, 9.17) is 4.42 Å². The van der Waals surface area contributed by atoms with Crippen molar-refractivity contribution in [2.75, 3.05) is 0 Å². The van der Waals surface area contributed by atoms with E-state index in [9.17, 15) is 0 Å². The molecule has 2 aliphatic carbocycles. The maximum Gasteiger partial charge on any atom is 0.136 e. The zero-order valence-electron chi connectivity index (χ0n) is 30.4.